The highest BCUT2D eigenvalue weighted by Crippen LogP contribution is 2.29. The van der Waals surface area contributed by atoms with E-state index in [0.29, 0.717) is 30.5 Å². The molecule has 110 valence electrons. The number of hydrogen-bond acceptors (Lipinski definition) is 4. The molecule has 0 aliphatic carbocycles. The summed E-state index contributed by atoms with van der Waals surface area (Å²) in [6.45, 7) is 2.65. The fourth-order valence-corrected chi connectivity index (χ4v) is 4.52. The summed E-state index contributed by atoms with van der Waals surface area (Å²) in [5, 5.41) is 3.23. The summed E-state index contributed by atoms with van der Waals surface area (Å²) < 4.78 is 32.0. The lowest BCUT2D eigenvalue weighted by atomic mass is 10.1. The Bertz CT molecular complexity index is 600. The molecule has 3 rings (SSSR count). The van der Waals surface area contributed by atoms with Crippen molar-refractivity contribution in [3.05, 3.63) is 23.8 Å². The van der Waals surface area contributed by atoms with Crippen LogP contribution in [0.3, 0.4) is 0 Å². The third kappa shape index (κ3) is 2.43. The molecule has 1 atom stereocenters. The zero-order chi connectivity index (χ0) is 14.2. The molecule has 1 saturated heterocycles. The van der Waals surface area contributed by atoms with Crippen LogP contribution in [0.5, 0.6) is 0 Å². The number of fused-ring (bicyclic) bond motifs is 1. The number of nitrogens with one attached hydrogen (secondary N) is 1. The first-order valence-electron chi connectivity index (χ1n) is 6.97. The number of benzene rings is 1. The maximum absolute atomic E-state index is 12.6. The van der Waals surface area contributed by atoms with Crippen molar-refractivity contribution in [2.24, 2.45) is 5.92 Å². The molecule has 2 aliphatic heterocycles. The fraction of sp³-hybridized carbons (Fsp3) is 0.571. The topological polar surface area (TPSA) is 58.6 Å². The van der Waals surface area contributed by atoms with E-state index >= 15 is 0 Å². The maximum atomic E-state index is 12.6. The van der Waals surface area contributed by atoms with E-state index in [9.17, 15) is 8.42 Å². The largest absolute Gasteiger partial charge is 0.384 e. The van der Waals surface area contributed by atoms with Gasteiger partial charge in [-0.15, -0.1) is 0 Å². The molecule has 5 nitrogen and oxygen atoms in total. The summed E-state index contributed by atoms with van der Waals surface area (Å²) in [5.41, 5.74) is 2.15. The Morgan fingerprint density at radius 2 is 2.30 bits per heavy atom. The van der Waals surface area contributed by atoms with Gasteiger partial charge in [-0.2, -0.15) is 4.31 Å². The van der Waals surface area contributed by atoms with Crippen molar-refractivity contribution in [2.75, 3.05) is 38.7 Å². The lowest BCUT2D eigenvalue weighted by Gasteiger charge is -2.17. The molecule has 1 aromatic rings. The Kier molecular flexibility index (Phi) is 3.70. The lowest BCUT2D eigenvalue weighted by molar-refractivity contribution is 0.157. The van der Waals surface area contributed by atoms with Crippen molar-refractivity contribution < 1.29 is 13.2 Å². The van der Waals surface area contributed by atoms with Gasteiger partial charge in [0.25, 0.3) is 0 Å². The second-order valence-corrected chi connectivity index (χ2v) is 7.41. The zero-order valence-electron chi connectivity index (χ0n) is 11.6. The monoisotopic (exact) mass is 296 g/mol. The molecule has 20 heavy (non-hydrogen) atoms. The van der Waals surface area contributed by atoms with Gasteiger partial charge >= 0.3 is 0 Å². The lowest BCUT2D eigenvalue weighted by Crippen LogP contribution is -2.29. The number of hydrogen-bond donors (Lipinski definition) is 1. The molecule has 0 saturated carbocycles. The Labute approximate surface area is 120 Å². The van der Waals surface area contributed by atoms with Crippen molar-refractivity contribution in [1.29, 1.82) is 0 Å². The number of methoxy groups -OCH3 is 1. The van der Waals surface area contributed by atoms with Crippen LogP contribution in [-0.2, 0) is 21.2 Å². The fourth-order valence-electron chi connectivity index (χ4n) is 2.97. The molecule has 1 unspecified atom stereocenters. The highest BCUT2D eigenvalue weighted by Gasteiger charge is 2.32. The first kappa shape index (κ1) is 13.9. The SMILES string of the molecule is COCC1CCN(S(=O)(=O)c2ccc3c(c2)NCC3)C1. The van der Waals surface area contributed by atoms with Gasteiger partial charge in [-0.3, -0.25) is 0 Å². The van der Waals surface area contributed by atoms with E-state index in [1.54, 1.807) is 23.5 Å². The minimum Gasteiger partial charge on any atom is -0.384 e. The summed E-state index contributed by atoms with van der Waals surface area (Å²) in [6.07, 6.45) is 1.84. The van der Waals surface area contributed by atoms with Gasteiger partial charge in [-0.1, -0.05) is 6.07 Å². The van der Waals surface area contributed by atoms with Crippen LogP contribution in [-0.4, -0.2) is 46.1 Å². The minimum atomic E-state index is -3.37. The molecule has 0 radical (unpaired) electrons. The number of sulfonamides is 1. The van der Waals surface area contributed by atoms with Crippen LogP contribution in [0.1, 0.15) is 12.0 Å². The van der Waals surface area contributed by atoms with Crippen LogP contribution >= 0.6 is 0 Å². The van der Waals surface area contributed by atoms with E-state index in [1.807, 2.05) is 6.07 Å². The van der Waals surface area contributed by atoms with Crippen molar-refractivity contribution >= 4 is 15.7 Å². The van der Waals surface area contributed by atoms with Gasteiger partial charge in [0.1, 0.15) is 0 Å². The summed E-state index contributed by atoms with van der Waals surface area (Å²) in [5.74, 6) is 0.308. The molecule has 1 N–H and O–H groups in total. The molecule has 1 aromatic carbocycles. The van der Waals surface area contributed by atoms with Gasteiger partial charge in [0, 0.05) is 32.4 Å². The molecule has 0 spiro atoms. The molecule has 0 bridgehead atoms. The Balaban J connectivity index is 1.82. The molecule has 1 fully saturated rings. The minimum absolute atomic E-state index is 0.308. The second-order valence-electron chi connectivity index (χ2n) is 5.47. The summed E-state index contributed by atoms with van der Waals surface area (Å²) in [6, 6.07) is 5.41. The molecule has 0 amide bonds. The van der Waals surface area contributed by atoms with E-state index in [4.69, 9.17) is 4.74 Å². The van der Waals surface area contributed by atoms with Crippen LogP contribution in [0, 0.1) is 5.92 Å². The van der Waals surface area contributed by atoms with Crippen molar-refractivity contribution in [3.63, 3.8) is 0 Å². The first-order chi connectivity index (χ1) is 9.61. The standard InChI is InChI=1S/C14H20N2O3S/c1-19-10-11-5-7-16(9-11)20(17,18)13-3-2-12-4-6-15-14(12)8-13/h2-3,8,11,15H,4-7,9-10H2,1H3. The smallest absolute Gasteiger partial charge is 0.243 e. The molecule has 0 aromatic heterocycles. The molecule has 6 heteroatoms. The maximum Gasteiger partial charge on any atom is 0.243 e. The average Bonchev–Trinajstić information content (AvgIpc) is 3.06. The summed E-state index contributed by atoms with van der Waals surface area (Å²) >= 11 is 0. The number of ether oxygens (including phenoxy) is 1. The normalized spacial score (nSPS) is 22.8. The summed E-state index contributed by atoms with van der Waals surface area (Å²) in [7, 11) is -1.72. The number of rotatable bonds is 4. The third-order valence-corrected chi connectivity index (χ3v) is 5.94. The van der Waals surface area contributed by atoms with Crippen LogP contribution in [0.4, 0.5) is 5.69 Å². The van der Waals surface area contributed by atoms with Crippen LogP contribution in [0.25, 0.3) is 0 Å². The third-order valence-electron chi connectivity index (χ3n) is 4.08. The Morgan fingerprint density at radius 1 is 1.45 bits per heavy atom. The highest BCUT2D eigenvalue weighted by molar-refractivity contribution is 7.89. The molecule has 2 aliphatic rings. The average molecular weight is 296 g/mol. The second kappa shape index (κ2) is 5.35. The quantitative estimate of drug-likeness (QED) is 0.910. The van der Waals surface area contributed by atoms with Gasteiger partial charge in [0.15, 0.2) is 0 Å². The van der Waals surface area contributed by atoms with Crippen LogP contribution < -0.4 is 5.32 Å². The molecule has 2 heterocycles. The van der Waals surface area contributed by atoms with E-state index < -0.39 is 10.0 Å². The number of nitrogens with zero attached hydrogens (tertiary/aromatic N) is 1. The van der Waals surface area contributed by atoms with Crippen LogP contribution in [0.15, 0.2) is 23.1 Å². The predicted molar refractivity (Wildman–Crippen MR) is 77.4 cm³/mol. The molecular weight excluding hydrogens is 276 g/mol. The van der Waals surface area contributed by atoms with Crippen molar-refractivity contribution in [1.82, 2.24) is 4.31 Å². The molecular formula is C14H20N2O3S. The summed E-state index contributed by atoms with van der Waals surface area (Å²) in [4.78, 5) is 0.392. The highest BCUT2D eigenvalue weighted by atomic mass is 32.2. The van der Waals surface area contributed by atoms with Crippen molar-refractivity contribution in [3.8, 4) is 0 Å². The number of anilines is 1. The predicted octanol–water partition coefficient (Wildman–Crippen LogP) is 1.31. The van der Waals surface area contributed by atoms with Gasteiger partial charge in [-0.25, -0.2) is 8.42 Å². The van der Waals surface area contributed by atoms with E-state index in [-0.39, 0.29) is 0 Å². The Hall–Kier alpha value is -1.11. The van der Waals surface area contributed by atoms with E-state index in [0.717, 1.165) is 25.1 Å². The van der Waals surface area contributed by atoms with E-state index in [1.165, 1.54) is 5.56 Å². The van der Waals surface area contributed by atoms with Crippen LogP contribution in [0.2, 0.25) is 0 Å². The van der Waals surface area contributed by atoms with E-state index in [2.05, 4.69) is 5.32 Å². The first-order valence-corrected chi connectivity index (χ1v) is 8.41. The van der Waals surface area contributed by atoms with Gasteiger partial charge in [0.2, 0.25) is 10.0 Å². The zero-order valence-corrected chi connectivity index (χ0v) is 12.4. The van der Waals surface area contributed by atoms with Gasteiger partial charge in [0.05, 0.1) is 11.5 Å². The Morgan fingerprint density at radius 3 is 3.10 bits per heavy atom. The van der Waals surface area contributed by atoms with Gasteiger partial charge in [-0.05, 0) is 36.5 Å². The van der Waals surface area contributed by atoms with Crippen molar-refractivity contribution in [2.45, 2.75) is 17.7 Å². The van der Waals surface area contributed by atoms with Gasteiger partial charge < -0.3 is 10.1 Å².